The van der Waals surface area contributed by atoms with Crippen molar-refractivity contribution in [2.24, 2.45) is 5.92 Å². The number of carbonyl (C=O) groups is 3. The van der Waals surface area contributed by atoms with Crippen LogP contribution in [0.3, 0.4) is 0 Å². The molecule has 1 aromatic heterocycles. The standard InChI is InChI=1S/C21H33N7O3/c1-15(29)27-12-16-11-25(3)21(31)19-18(23-14-28(19)17(16)13-27)20(30)22-5-4-6-26-9-7-24(2)8-10-26/h14,16-17H,4-13H2,1-3H3,(H,22,30). The molecule has 1 N–H and O–H groups in total. The van der Waals surface area contributed by atoms with Gasteiger partial charge in [0, 0.05) is 72.2 Å². The molecule has 31 heavy (non-hydrogen) atoms. The third kappa shape index (κ3) is 4.45. The predicted octanol–water partition coefficient (Wildman–Crippen LogP) is -0.645. The third-order valence-corrected chi connectivity index (χ3v) is 6.81. The van der Waals surface area contributed by atoms with Crippen molar-refractivity contribution < 1.29 is 14.4 Å². The maximum Gasteiger partial charge on any atom is 0.272 e. The first-order chi connectivity index (χ1) is 14.8. The lowest BCUT2D eigenvalue weighted by molar-refractivity contribution is -0.128. The Kier molecular flexibility index (Phi) is 6.29. The van der Waals surface area contributed by atoms with Crippen LogP contribution in [0.15, 0.2) is 6.33 Å². The molecule has 3 amide bonds. The number of aromatic nitrogens is 2. The van der Waals surface area contributed by atoms with Gasteiger partial charge in [-0.3, -0.25) is 14.4 Å². The van der Waals surface area contributed by atoms with Crippen LogP contribution in [0.4, 0.5) is 0 Å². The molecular weight excluding hydrogens is 398 g/mol. The Bertz CT molecular complexity index is 846. The zero-order valence-electron chi connectivity index (χ0n) is 18.7. The number of amides is 3. The van der Waals surface area contributed by atoms with Gasteiger partial charge < -0.3 is 29.5 Å². The first-order valence-electron chi connectivity index (χ1n) is 11.1. The Morgan fingerprint density at radius 1 is 1.13 bits per heavy atom. The van der Waals surface area contributed by atoms with Crippen molar-refractivity contribution >= 4 is 17.7 Å². The minimum Gasteiger partial charge on any atom is -0.351 e. The van der Waals surface area contributed by atoms with Gasteiger partial charge in [-0.25, -0.2) is 4.98 Å². The molecule has 0 saturated carbocycles. The fraction of sp³-hybridized carbons (Fsp3) is 0.714. The molecular formula is C21H33N7O3. The van der Waals surface area contributed by atoms with E-state index in [1.54, 1.807) is 30.1 Å². The number of nitrogens with zero attached hydrogens (tertiary/aromatic N) is 6. The summed E-state index contributed by atoms with van der Waals surface area (Å²) in [6.07, 6.45) is 2.45. The third-order valence-electron chi connectivity index (χ3n) is 6.81. The number of imidazole rings is 1. The molecule has 0 aliphatic carbocycles. The molecule has 170 valence electrons. The van der Waals surface area contributed by atoms with Crippen LogP contribution in [0.2, 0.25) is 0 Å². The molecule has 0 bridgehead atoms. The highest BCUT2D eigenvalue weighted by atomic mass is 16.2. The van der Waals surface area contributed by atoms with Crippen molar-refractivity contribution in [2.75, 3.05) is 73.0 Å². The fourth-order valence-electron chi connectivity index (χ4n) is 4.87. The Hall–Kier alpha value is -2.46. The smallest absolute Gasteiger partial charge is 0.272 e. The van der Waals surface area contributed by atoms with Gasteiger partial charge in [0.1, 0.15) is 5.69 Å². The van der Waals surface area contributed by atoms with Gasteiger partial charge in [0.05, 0.1) is 12.4 Å². The van der Waals surface area contributed by atoms with E-state index >= 15 is 0 Å². The second-order valence-corrected chi connectivity index (χ2v) is 9.04. The van der Waals surface area contributed by atoms with Crippen LogP contribution in [0.1, 0.15) is 40.4 Å². The number of fused-ring (bicyclic) bond motifs is 3. The summed E-state index contributed by atoms with van der Waals surface area (Å²) >= 11 is 0. The second kappa shape index (κ2) is 8.96. The van der Waals surface area contributed by atoms with Gasteiger partial charge in [0.25, 0.3) is 11.8 Å². The van der Waals surface area contributed by atoms with Crippen LogP contribution in [0.5, 0.6) is 0 Å². The number of hydrogen-bond acceptors (Lipinski definition) is 6. The van der Waals surface area contributed by atoms with Crippen LogP contribution < -0.4 is 5.32 Å². The summed E-state index contributed by atoms with van der Waals surface area (Å²) in [5.41, 5.74) is 0.510. The molecule has 2 atom stereocenters. The molecule has 2 fully saturated rings. The first-order valence-corrected chi connectivity index (χ1v) is 11.1. The van der Waals surface area contributed by atoms with Gasteiger partial charge in [-0.2, -0.15) is 0 Å². The average molecular weight is 432 g/mol. The number of rotatable bonds is 5. The van der Waals surface area contributed by atoms with Crippen molar-refractivity contribution in [2.45, 2.75) is 19.4 Å². The summed E-state index contributed by atoms with van der Waals surface area (Å²) in [4.78, 5) is 50.3. The molecule has 3 aliphatic heterocycles. The molecule has 2 saturated heterocycles. The minimum absolute atomic E-state index is 0.0297. The van der Waals surface area contributed by atoms with E-state index in [0.29, 0.717) is 31.9 Å². The van der Waals surface area contributed by atoms with E-state index in [2.05, 4.69) is 27.1 Å². The molecule has 0 spiro atoms. The van der Waals surface area contributed by atoms with E-state index in [1.807, 2.05) is 4.57 Å². The highest BCUT2D eigenvalue weighted by molar-refractivity contribution is 6.05. The zero-order valence-corrected chi connectivity index (χ0v) is 18.7. The number of carbonyl (C=O) groups excluding carboxylic acids is 3. The summed E-state index contributed by atoms with van der Waals surface area (Å²) in [6, 6.07) is -0.0425. The van der Waals surface area contributed by atoms with Gasteiger partial charge >= 0.3 is 0 Å². The molecule has 1 aromatic rings. The van der Waals surface area contributed by atoms with Crippen molar-refractivity contribution in [3.63, 3.8) is 0 Å². The van der Waals surface area contributed by atoms with Crippen molar-refractivity contribution in [3.05, 3.63) is 17.7 Å². The van der Waals surface area contributed by atoms with E-state index in [9.17, 15) is 14.4 Å². The maximum atomic E-state index is 13.0. The van der Waals surface area contributed by atoms with Gasteiger partial charge in [0.2, 0.25) is 5.91 Å². The second-order valence-electron chi connectivity index (χ2n) is 9.04. The van der Waals surface area contributed by atoms with Gasteiger partial charge in [0.15, 0.2) is 5.69 Å². The van der Waals surface area contributed by atoms with Crippen LogP contribution in [0.25, 0.3) is 0 Å². The molecule has 10 heteroatoms. The molecule has 0 aromatic carbocycles. The molecule has 4 rings (SSSR count). The van der Waals surface area contributed by atoms with Crippen LogP contribution in [-0.4, -0.2) is 120 Å². The Balaban J connectivity index is 1.41. The monoisotopic (exact) mass is 431 g/mol. The molecule has 4 heterocycles. The lowest BCUT2D eigenvalue weighted by Crippen LogP contribution is -2.45. The summed E-state index contributed by atoms with van der Waals surface area (Å²) in [7, 11) is 3.88. The van der Waals surface area contributed by atoms with Crippen molar-refractivity contribution in [1.29, 1.82) is 0 Å². The SMILES string of the molecule is CC(=O)N1CC2CN(C)C(=O)c3c(C(=O)NCCCN4CCN(C)CC4)ncn3C2C1. The van der Waals surface area contributed by atoms with Crippen LogP contribution >= 0.6 is 0 Å². The summed E-state index contributed by atoms with van der Waals surface area (Å²) in [5.74, 6) is -0.340. The van der Waals surface area contributed by atoms with E-state index in [1.165, 1.54) is 0 Å². The lowest BCUT2D eigenvalue weighted by atomic mass is 10.0. The first kappa shape index (κ1) is 21.8. The van der Waals surface area contributed by atoms with E-state index in [4.69, 9.17) is 0 Å². The van der Waals surface area contributed by atoms with E-state index < -0.39 is 0 Å². The Morgan fingerprint density at radius 3 is 2.58 bits per heavy atom. The minimum atomic E-state index is -0.311. The van der Waals surface area contributed by atoms with Crippen molar-refractivity contribution in [3.8, 4) is 0 Å². The van der Waals surface area contributed by atoms with Gasteiger partial charge in [-0.15, -0.1) is 0 Å². The summed E-state index contributed by atoms with van der Waals surface area (Å²) in [5, 5.41) is 2.94. The Labute approximate surface area is 183 Å². The van der Waals surface area contributed by atoms with Crippen LogP contribution in [-0.2, 0) is 4.79 Å². The summed E-state index contributed by atoms with van der Waals surface area (Å²) in [6.45, 7) is 9.03. The number of likely N-dealkylation sites (N-methyl/N-ethyl adjacent to an activating group) is 1. The van der Waals surface area contributed by atoms with E-state index in [0.717, 1.165) is 39.1 Å². The lowest BCUT2D eigenvalue weighted by Gasteiger charge is -2.32. The van der Waals surface area contributed by atoms with Crippen LogP contribution in [0, 0.1) is 5.92 Å². The quantitative estimate of drug-likeness (QED) is 0.623. The summed E-state index contributed by atoms with van der Waals surface area (Å²) < 4.78 is 1.82. The molecule has 10 nitrogen and oxygen atoms in total. The van der Waals surface area contributed by atoms with E-state index in [-0.39, 0.29) is 35.4 Å². The number of likely N-dealkylation sites (tertiary alicyclic amines) is 1. The normalized spacial score (nSPS) is 24.7. The fourth-order valence-corrected chi connectivity index (χ4v) is 4.87. The van der Waals surface area contributed by atoms with Crippen molar-refractivity contribution in [1.82, 2.24) is 34.5 Å². The number of hydrogen-bond donors (Lipinski definition) is 1. The molecule has 3 aliphatic rings. The topological polar surface area (TPSA) is 94.0 Å². The largest absolute Gasteiger partial charge is 0.351 e. The van der Waals surface area contributed by atoms with Gasteiger partial charge in [-0.1, -0.05) is 0 Å². The molecule has 2 unspecified atom stereocenters. The zero-order chi connectivity index (χ0) is 22.1. The predicted molar refractivity (Wildman–Crippen MR) is 115 cm³/mol. The Morgan fingerprint density at radius 2 is 1.87 bits per heavy atom. The van der Waals surface area contributed by atoms with Gasteiger partial charge in [-0.05, 0) is 20.0 Å². The maximum absolute atomic E-state index is 13.0. The number of piperazine rings is 1. The average Bonchev–Trinajstić information content (AvgIpc) is 3.34. The molecule has 0 radical (unpaired) electrons. The highest BCUT2D eigenvalue weighted by Crippen LogP contribution is 2.33. The highest BCUT2D eigenvalue weighted by Gasteiger charge is 2.42. The number of nitrogens with one attached hydrogen (secondary N) is 1.